The van der Waals surface area contributed by atoms with E-state index in [9.17, 15) is 20.0 Å². The summed E-state index contributed by atoms with van der Waals surface area (Å²) in [5.74, 6) is -0.586. The number of halogens is 1. The predicted molar refractivity (Wildman–Crippen MR) is 78.3 cm³/mol. The van der Waals surface area contributed by atoms with E-state index in [1.807, 2.05) is 13.8 Å². The number of hydrogen-bond acceptors (Lipinski definition) is 5. The van der Waals surface area contributed by atoms with Crippen LogP contribution in [0.25, 0.3) is 0 Å². The zero-order valence-electron chi connectivity index (χ0n) is 11.9. The molecule has 0 aliphatic rings. The van der Waals surface area contributed by atoms with E-state index in [1.165, 1.54) is 12.3 Å². The van der Waals surface area contributed by atoms with Crippen LogP contribution in [0.5, 0.6) is 0 Å². The third-order valence-electron chi connectivity index (χ3n) is 3.37. The number of aromatic nitrogens is 1. The number of carbonyl (C=O) groups is 1. The number of carbonyl (C=O) groups excluding carboxylic acids is 1. The van der Waals surface area contributed by atoms with E-state index in [0.717, 1.165) is 12.8 Å². The lowest BCUT2D eigenvalue weighted by Crippen LogP contribution is -2.36. The molecule has 0 saturated heterocycles. The summed E-state index contributed by atoms with van der Waals surface area (Å²) in [4.78, 5) is 25.8. The Morgan fingerprint density at radius 3 is 2.67 bits per heavy atom. The standard InChI is InChI=1S/C13H18ClN3O4/c1-3-8(4-2)10(18)7-16-13(19)9-5-6-15-12(14)11(9)17(20)21/h5-6,8,10,18H,3-4,7H2,1-2H3,(H,16,19). The zero-order valence-corrected chi connectivity index (χ0v) is 12.6. The first kappa shape index (κ1) is 17.3. The molecular formula is C13H18ClN3O4. The number of nitro groups is 1. The molecule has 1 rings (SSSR count). The highest BCUT2D eigenvalue weighted by atomic mass is 35.5. The molecule has 1 aromatic heterocycles. The lowest BCUT2D eigenvalue weighted by Gasteiger charge is -2.20. The van der Waals surface area contributed by atoms with Crippen LogP contribution in [0.4, 0.5) is 5.69 Å². The molecule has 116 valence electrons. The third-order valence-corrected chi connectivity index (χ3v) is 3.65. The Labute approximate surface area is 127 Å². The van der Waals surface area contributed by atoms with Gasteiger partial charge in [-0.1, -0.05) is 38.3 Å². The van der Waals surface area contributed by atoms with Crippen LogP contribution in [0, 0.1) is 16.0 Å². The molecule has 2 N–H and O–H groups in total. The minimum absolute atomic E-state index is 0.0300. The Kier molecular flexibility index (Phi) is 6.51. The Balaban J connectivity index is 2.82. The summed E-state index contributed by atoms with van der Waals surface area (Å²) in [6, 6.07) is 1.23. The second kappa shape index (κ2) is 7.90. The van der Waals surface area contributed by atoms with E-state index >= 15 is 0 Å². The molecular weight excluding hydrogens is 298 g/mol. The predicted octanol–water partition coefficient (Wildman–Crippen LogP) is 2.17. The van der Waals surface area contributed by atoms with Gasteiger partial charge in [0.2, 0.25) is 5.15 Å². The number of aliphatic hydroxyl groups is 1. The molecule has 0 aromatic carbocycles. The normalized spacial score (nSPS) is 12.2. The summed E-state index contributed by atoms with van der Waals surface area (Å²) in [6.07, 6.45) is 2.10. The first-order valence-corrected chi connectivity index (χ1v) is 7.05. The average Bonchev–Trinajstić information content (AvgIpc) is 2.45. The maximum absolute atomic E-state index is 12.0. The monoisotopic (exact) mass is 315 g/mol. The van der Waals surface area contributed by atoms with Gasteiger partial charge in [0.15, 0.2) is 0 Å². The van der Waals surface area contributed by atoms with Gasteiger partial charge in [-0.05, 0) is 12.0 Å². The second-order valence-electron chi connectivity index (χ2n) is 4.61. The van der Waals surface area contributed by atoms with Crippen LogP contribution in [0.3, 0.4) is 0 Å². The van der Waals surface area contributed by atoms with Gasteiger partial charge in [0, 0.05) is 12.7 Å². The van der Waals surface area contributed by atoms with Gasteiger partial charge in [-0.2, -0.15) is 0 Å². The van der Waals surface area contributed by atoms with Crippen molar-refractivity contribution < 1.29 is 14.8 Å². The van der Waals surface area contributed by atoms with Crippen molar-refractivity contribution in [3.63, 3.8) is 0 Å². The molecule has 7 nitrogen and oxygen atoms in total. The SMILES string of the molecule is CCC(CC)C(O)CNC(=O)c1ccnc(Cl)c1[N+](=O)[O-]. The van der Waals surface area contributed by atoms with Gasteiger partial charge in [0.1, 0.15) is 5.56 Å². The van der Waals surface area contributed by atoms with Gasteiger partial charge in [0.25, 0.3) is 5.91 Å². The van der Waals surface area contributed by atoms with Crippen molar-refractivity contribution in [3.05, 3.63) is 33.1 Å². The van der Waals surface area contributed by atoms with Crippen LogP contribution >= 0.6 is 11.6 Å². The van der Waals surface area contributed by atoms with Crippen molar-refractivity contribution in [2.24, 2.45) is 5.92 Å². The van der Waals surface area contributed by atoms with E-state index in [2.05, 4.69) is 10.3 Å². The lowest BCUT2D eigenvalue weighted by atomic mass is 9.96. The molecule has 1 amide bonds. The molecule has 0 spiro atoms. The Hall–Kier alpha value is -1.73. The molecule has 0 radical (unpaired) electrons. The maximum Gasteiger partial charge on any atom is 0.319 e. The summed E-state index contributed by atoms with van der Waals surface area (Å²) in [5, 5.41) is 23.0. The van der Waals surface area contributed by atoms with Crippen LogP contribution in [-0.4, -0.2) is 33.6 Å². The molecule has 1 unspecified atom stereocenters. The summed E-state index contributed by atoms with van der Waals surface area (Å²) < 4.78 is 0. The van der Waals surface area contributed by atoms with Crippen LogP contribution < -0.4 is 5.32 Å². The fourth-order valence-corrected chi connectivity index (χ4v) is 2.30. The third kappa shape index (κ3) is 4.37. The quantitative estimate of drug-likeness (QED) is 0.455. The van der Waals surface area contributed by atoms with Crippen molar-refractivity contribution in [1.29, 1.82) is 0 Å². The number of hydrogen-bond donors (Lipinski definition) is 2. The average molecular weight is 316 g/mol. The van der Waals surface area contributed by atoms with E-state index < -0.39 is 22.6 Å². The first-order valence-electron chi connectivity index (χ1n) is 6.67. The molecule has 1 aromatic rings. The summed E-state index contributed by atoms with van der Waals surface area (Å²) in [7, 11) is 0. The van der Waals surface area contributed by atoms with E-state index in [1.54, 1.807) is 0 Å². The molecule has 0 aliphatic carbocycles. The van der Waals surface area contributed by atoms with E-state index in [0.29, 0.717) is 0 Å². The smallest absolute Gasteiger partial charge is 0.319 e. The summed E-state index contributed by atoms with van der Waals surface area (Å²) in [5.41, 5.74) is -0.703. The minimum atomic E-state index is -0.748. The van der Waals surface area contributed by atoms with Gasteiger partial charge >= 0.3 is 5.69 Å². The minimum Gasteiger partial charge on any atom is -0.391 e. The number of rotatable bonds is 7. The highest BCUT2D eigenvalue weighted by molar-refractivity contribution is 6.32. The first-order chi connectivity index (χ1) is 9.92. The highest BCUT2D eigenvalue weighted by Gasteiger charge is 2.25. The number of pyridine rings is 1. The lowest BCUT2D eigenvalue weighted by molar-refractivity contribution is -0.385. The Bertz CT molecular complexity index is 520. The van der Waals surface area contributed by atoms with Crippen molar-refractivity contribution in [1.82, 2.24) is 10.3 Å². The summed E-state index contributed by atoms with van der Waals surface area (Å²) >= 11 is 5.64. The Morgan fingerprint density at radius 1 is 1.52 bits per heavy atom. The highest BCUT2D eigenvalue weighted by Crippen LogP contribution is 2.25. The van der Waals surface area contributed by atoms with Crippen LogP contribution in [-0.2, 0) is 0 Å². The molecule has 0 saturated carbocycles. The van der Waals surface area contributed by atoms with Gasteiger partial charge in [-0.25, -0.2) is 4.98 Å². The maximum atomic E-state index is 12.0. The molecule has 1 heterocycles. The number of amides is 1. The fraction of sp³-hybridized carbons (Fsp3) is 0.538. The zero-order chi connectivity index (χ0) is 16.0. The molecule has 0 fully saturated rings. The molecule has 8 heteroatoms. The van der Waals surface area contributed by atoms with E-state index in [-0.39, 0.29) is 23.2 Å². The van der Waals surface area contributed by atoms with Crippen LogP contribution in [0.1, 0.15) is 37.0 Å². The van der Waals surface area contributed by atoms with Crippen molar-refractivity contribution >= 4 is 23.2 Å². The number of nitrogens with one attached hydrogen (secondary N) is 1. The fourth-order valence-electron chi connectivity index (χ4n) is 2.08. The van der Waals surface area contributed by atoms with Crippen LogP contribution in [0.15, 0.2) is 12.3 Å². The van der Waals surface area contributed by atoms with Crippen molar-refractivity contribution in [2.75, 3.05) is 6.54 Å². The second-order valence-corrected chi connectivity index (χ2v) is 4.97. The van der Waals surface area contributed by atoms with Crippen molar-refractivity contribution in [2.45, 2.75) is 32.8 Å². The molecule has 1 atom stereocenters. The largest absolute Gasteiger partial charge is 0.391 e. The molecule has 21 heavy (non-hydrogen) atoms. The van der Waals surface area contributed by atoms with Gasteiger partial charge in [0.05, 0.1) is 11.0 Å². The topological polar surface area (TPSA) is 105 Å². The van der Waals surface area contributed by atoms with Crippen LogP contribution in [0.2, 0.25) is 5.15 Å². The number of aliphatic hydroxyl groups excluding tert-OH is 1. The Morgan fingerprint density at radius 2 is 2.14 bits per heavy atom. The van der Waals surface area contributed by atoms with Gasteiger partial charge < -0.3 is 10.4 Å². The van der Waals surface area contributed by atoms with E-state index in [4.69, 9.17) is 11.6 Å². The number of nitrogens with zero attached hydrogens (tertiary/aromatic N) is 2. The molecule has 0 bridgehead atoms. The van der Waals surface area contributed by atoms with Crippen molar-refractivity contribution in [3.8, 4) is 0 Å². The van der Waals surface area contributed by atoms with Gasteiger partial charge in [-0.15, -0.1) is 0 Å². The summed E-state index contributed by atoms with van der Waals surface area (Å²) in [6.45, 7) is 3.93. The molecule has 0 aliphatic heterocycles. The van der Waals surface area contributed by atoms with Gasteiger partial charge in [-0.3, -0.25) is 14.9 Å².